The lowest BCUT2D eigenvalue weighted by atomic mass is 10.1. The maximum Gasteiger partial charge on any atom is 0.335 e. The lowest BCUT2D eigenvalue weighted by Crippen LogP contribution is -2.15. The van der Waals surface area contributed by atoms with Crippen LogP contribution in [0.1, 0.15) is 15.9 Å². The predicted molar refractivity (Wildman–Crippen MR) is 70.5 cm³/mol. The molecule has 0 aromatic heterocycles. The molecule has 0 spiro atoms. The average molecular weight is 257 g/mol. The Kier molecular flexibility index (Phi) is 2.71. The van der Waals surface area contributed by atoms with Crippen molar-refractivity contribution >= 4 is 17.3 Å². The minimum atomic E-state index is -1.12. The number of carboxylic acids is 1. The van der Waals surface area contributed by atoms with Crippen molar-refractivity contribution in [2.75, 3.05) is 11.4 Å². The number of hydrogen-bond donors (Lipinski definition) is 1. The molecule has 4 heteroatoms. The number of carbonyl (C=O) groups is 1. The predicted octanol–water partition coefficient (Wildman–Crippen LogP) is 3.22. The quantitative estimate of drug-likeness (QED) is 0.898. The van der Waals surface area contributed by atoms with Gasteiger partial charge in [0, 0.05) is 12.2 Å². The minimum Gasteiger partial charge on any atom is -0.478 e. The van der Waals surface area contributed by atoms with Crippen molar-refractivity contribution in [2.24, 2.45) is 0 Å². The van der Waals surface area contributed by atoms with E-state index < -0.39 is 11.8 Å². The van der Waals surface area contributed by atoms with Gasteiger partial charge in [0.05, 0.1) is 11.3 Å². The van der Waals surface area contributed by atoms with Gasteiger partial charge in [0.2, 0.25) is 0 Å². The Hall–Kier alpha value is -2.36. The first-order valence-electron chi connectivity index (χ1n) is 6.05. The first-order chi connectivity index (χ1) is 9.16. The highest BCUT2D eigenvalue weighted by atomic mass is 19.1. The van der Waals surface area contributed by atoms with Crippen molar-refractivity contribution in [2.45, 2.75) is 6.42 Å². The van der Waals surface area contributed by atoms with Crippen LogP contribution in [-0.4, -0.2) is 17.6 Å². The summed E-state index contributed by atoms with van der Waals surface area (Å²) in [4.78, 5) is 12.7. The van der Waals surface area contributed by atoms with Gasteiger partial charge in [-0.25, -0.2) is 9.18 Å². The highest BCUT2D eigenvalue weighted by molar-refractivity contribution is 5.88. The highest BCUT2D eigenvalue weighted by Crippen LogP contribution is 2.35. The number of anilines is 2. The van der Waals surface area contributed by atoms with E-state index in [-0.39, 0.29) is 5.56 Å². The topological polar surface area (TPSA) is 40.5 Å². The molecule has 0 fully saturated rings. The summed E-state index contributed by atoms with van der Waals surface area (Å²) in [6.45, 7) is 0.711. The molecule has 3 rings (SSSR count). The van der Waals surface area contributed by atoms with Crippen molar-refractivity contribution in [3.05, 3.63) is 59.4 Å². The molecule has 0 bridgehead atoms. The molecule has 0 aliphatic carbocycles. The number of fused-ring (bicyclic) bond motifs is 1. The van der Waals surface area contributed by atoms with Crippen LogP contribution in [0, 0.1) is 5.82 Å². The Bertz CT molecular complexity index is 654. The lowest BCUT2D eigenvalue weighted by Gasteiger charge is -2.20. The third-order valence-corrected chi connectivity index (χ3v) is 3.37. The zero-order valence-corrected chi connectivity index (χ0v) is 10.1. The molecule has 1 N–H and O–H groups in total. The fraction of sp³-hybridized carbons (Fsp3) is 0.133. The van der Waals surface area contributed by atoms with Crippen LogP contribution in [0.5, 0.6) is 0 Å². The number of hydrogen-bond acceptors (Lipinski definition) is 2. The molecule has 2 aromatic carbocycles. The molecule has 1 heterocycles. The summed E-state index contributed by atoms with van der Waals surface area (Å²) in [5.74, 6) is -1.62. The van der Waals surface area contributed by atoms with Crippen LogP contribution in [0.15, 0.2) is 42.5 Å². The summed E-state index contributed by atoms with van der Waals surface area (Å²) in [7, 11) is 0. The molecule has 96 valence electrons. The third kappa shape index (κ3) is 1.95. The van der Waals surface area contributed by atoms with Crippen LogP contribution < -0.4 is 4.90 Å². The van der Waals surface area contributed by atoms with Crippen LogP contribution in [0.25, 0.3) is 0 Å². The van der Waals surface area contributed by atoms with Crippen LogP contribution in [0.2, 0.25) is 0 Å². The molecule has 1 aliphatic rings. The molecule has 0 amide bonds. The van der Waals surface area contributed by atoms with E-state index in [4.69, 9.17) is 5.11 Å². The Morgan fingerprint density at radius 3 is 2.68 bits per heavy atom. The van der Waals surface area contributed by atoms with E-state index in [1.54, 1.807) is 0 Å². The van der Waals surface area contributed by atoms with Gasteiger partial charge in [-0.1, -0.05) is 18.2 Å². The molecule has 1 aliphatic heterocycles. The molecule has 0 radical (unpaired) electrons. The van der Waals surface area contributed by atoms with Gasteiger partial charge in [0.15, 0.2) is 0 Å². The molecule has 0 unspecified atom stereocenters. The van der Waals surface area contributed by atoms with Gasteiger partial charge in [-0.3, -0.25) is 0 Å². The number of carboxylic acid groups (broad SMARTS) is 1. The molecule has 2 aromatic rings. The van der Waals surface area contributed by atoms with Gasteiger partial charge in [0.1, 0.15) is 5.82 Å². The number of rotatable bonds is 2. The number of benzene rings is 2. The zero-order valence-electron chi connectivity index (χ0n) is 10.1. The second-order valence-corrected chi connectivity index (χ2v) is 4.50. The first-order valence-corrected chi connectivity index (χ1v) is 6.05. The summed E-state index contributed by atoms with van der Waals surface area (Å²) in [5, 5.41) is 8.84. The van der Waals surface area contributed by atoms with Crippen molar-refractivity contribution < 1.29 is 14.3 Å². The van der Waals surface area contributed by atoms with E-state index in [0.29, 0.717) is 12.2 Å². The van der Waals surface area contributed by atoms with Crippen molar-refractivity contribution in [3.63, 3.8) is 0 Å². The SMILES string of the molecule is O=C(O)c1ccc(N2CCc3ccccc32)c(F)c1. The van der Waals surface area contributed by atoms with E-state index in [1.807, 2.05) is 29.2 Å². The number of nitrogens with zero attached hydrogens (tertiary/aromatic N) is 1. The normalized spacial score (nSPS) is 13.4. The number of para-hydroxylation sites is 1. The van der Waals surface area contributed by atoms with Gasteiger partial charge < -0.3 is 10.0 Å². The van der Waals surface area contributed by atoms with Gasteiger partial charge in [-0.05, 0) is 36.2 Å². The Morgan fingerprint density at radius 1 is 1.16 bits per heavy atom. The van der Waals surface area contributed by atoms with Crippen LogP contribution in [0.3, 0.4) is 0 Å². The zero-order chi connectivity index (χ0) is 13.4. The summed E-state index contributed by atoms with van der Waals surface area (Å²) in [5.41, 5.74) is 2.57. The second-order valence-electron chi connectivity index (χ2n) is 4.50. The highest BCUT2D eigenvalue weighted by Gasteiger charge is 2.22. The molecular weight excluding hydrogens is 245 g/mol. The van der Waals surface area contributed by atoms with Crippen LogP contribution >= 0.6 is 0 Å². The maximum absolute atomic E-state index is 14.1. The molecule has 3 nitrogen and oxygen atoms in total. The Balaban J connectivity index is 2.03. The molecule has 0 saturated heterocycles. The van der Waals surface area contributed by atoms with E-state index in [1.165, 1.54) is 17.7 Å². The van der Waals surface area contributed by atoms with Crippen LogP contribution in [0.4, 0.5) is 15.8 Å². The average Bonchev–Trinajstić information content (AvgIpc) is 2.82. The minimum absolute atomic E-state index is 0.0336. The maximum atomic E-state index is 14.1. The smallest absolute Gasteiger partial charge is 0.335 e. The first kappa shape index (κ1) is 11.7. The standard InChI is InChI=1S/C15H12FNO2/c16-12-9-11(15(18)19)5-6-14(12)17-8-7-10-3-1-2-4-13(10)17/h1-6,9H,7-8H2,(H,18,19). The largest absolute Gasteiger partial charge is 0.478 e. The molecule has 0 atom stereocenters. The van der Waals surface area contributed by atoms with E-state index in [9.17, 15) is 9.18 Å². The van der Waals surface area contributed by atoms with Gasteiger partial charge >= 0.3 is 5.97 Å². The van der Waals surface area contributed by atoms with E-state index >= 15 is 0 Å². The van der Waals surface area contributed by atoms with Crippen molar-refractivity contribution in [1.29, 1.82) is 0 Å². The summed E-state index contributed by atoms with van der Waals surface area (Å²) >= 11 is 0. The Morgan fingerprint density at radius 2 is 1.95 bits per heavy atom. The monoisotopic (exact) mass is 257 g/mol. The summed E-state index contributed by atoms with van der Waals surface area (Å²) < 4.78 is 14.1. The molecular formula is C15H12FNO2. The lowest BCUT2D eigenvalue weighted by molar-refractivity contribution is 0.0696. The summed E-state index contributed by atoms with van der Waals surface area (Å²) in [6.07, 6.45) is 0.871. The summed E-state index contributed by atoms with van der Waals surface area (Å²) in [6, 6.07) is 11.9. The molecule has 19 heavy (non-hydrogen) atoms. The fourth-order valence-electron chi connectivity index (χ4n) is 2.45. The third-order valence-electron chi connectivity index (χ3n) is 3.37. The van der Waals surface area contributed by atoms with Crippen LogP contribution in [-0.2, 0) is 6.42 Å². The van der Waals surface area contributed by atoms with Crippen molar-refractivity contribution in [1.82, 2.24) is 0 Å². The van der Waals surface area contributed by atoms with E-state index in [2.05, 4.69) is 0 Å². The van der Waals surface area contributed by atoms with Gasteiger partial charge in [-0.2, -0.15) is 0 Å². The van der Waals surface area contributed by atoms with Crippen molar-refractivity contribution in [3.8, 4) is 0 Å². The van der Waals surface area contributed by atoms with E-state index in [0.717, 1.165) is 18.2 Å². The second kappa shape index (κ2) is 4.39. The number of halogens is 1. The Labute approximate surface area is 109 Å². The number of aromatic carboxylic acids is 1. The van der Waals surface area contributed by atoms with Gasteiger partial charge in [-0.15, -0.1) is 0 Å². The van der Waals surface area contributed by atoms with Gasteiger partial charge in [0.25, 0.3) is 0 Å². The fourth-order valence-corrected chi connectivity index (χ4v) is 2.45. The molecule has 0 saturated carbocycles.